The average Bonchev–Trinajstić information content (AvgIpc) is 1.85. The summed E-state index contributed by atoms with van der Waals surface area (Å²) < 4.78 is 11.8. The SMILES string of the molecule is CC(C)C[C@H](NC(=O)Nc1ccc(C(=O)Nc2ccc3[nH]c(C(=O)N4C[C@@H](CCl)c5c4cc(OC(=O)N4CCN(C)CC4)c4ccccc54)cc3c2)cc1)C(=O)CN[C@@H](C)C(=O)CC(=O)[C@H](CC(C)C)NC(=O)OCC1c2ccccc2-c2ccccc21. The van der Waals surface area contributed by atoms with Gasteiger partial charge in [0, 0.05) is 89.7 Å². The number of hydrogen-bond donors (Lipinski definition) is 6. The van der Waals surface area contributed by atoms with Crippen LogP contribution in [0.15, 0.2) is 127 Å². The van der Waals surface area contributed by atoms with Gasteiger partial charge in [-0.25, -0.2) is 14.4 Å². The second-order valence-corrected chi connectivity index (χ2v) is 24.2. The molecule has 0 spiro atoms. The zero-order valence-electron chi connectivity index (χ0n) is 50.2. The van der Waals surface area contributed by atoms with Gasteiger partial charge in [0.2, 0.25) is 0 Å². The number of carbonyl (C=O) groups excluding carboxylic acids is 8. The van der Waals surface area contributed by atoms with Gasteiger partial charge in [-0.05, 0) is 120 Å². The van der Waals surface area contributed by atoms with Crippen LogP contribution in [0.25, 0.3) is 32.8 Å². The number of anilines is 3. The number of urea groups is 1. The number of alkyl carbamates (subject to hydrolysis) is 1. The van der Waals surface area contributed by atoms with E-state index in [4.69, 9.17) is 21.1 Å². The van der Waals surface area contributed by atoms with Gasteiger partial charge in [-0.15, -0.1) is 11.6 Å². The number of alkyl halides is 1. The molecule has 6 aromatic carbocycles. The first-order valence-electron chi connectivity index (χ1n) is 30.0. The van der Waals surface area contributed by atoms with E-state index in [1.807, 2.05) is 108 Å². The first-order chi connectivity index (χ1) is 42.3. The number of aromatic amines is 1. The summed E-state index contributed by atoms with van der Waals surface area (Å²) in [5, 5.41) is 16.3. The summed E-state index contributed by atoms with van der Waals surface area (Å²) in [7, 11) is 2.01. The number of benzene rings is 6. The number of nitrogens with zero attached hydrogens (tertiary/aromatic N) is 3. The summed E-state index contributed by atoms with van der Waals surface area (Å²) in [6, 6.07) is 35.1. The van der Waals surface area contributed by atoms with E-state index >= 15 is 0 Å². The molecular weight excluding hydrogens is 1140 g/mol. The van der Waals surface area contributed by atoms with E-state index in [9.17, 15) is 38.4 Å². The number of piperazine rings is 1. The lowest BCUT2D eigenvalue weighted by Gasteiger charge is -2.31. The van der Waals surface area contributed by atoms with Gasteiger partial charge in [0.05, 0.1) is 36.8 Å². The van der Waals surface area contributed by atoms with E-state index in [1.54, 1.807) is 71.3 Å². The third kappa shape index (κ3) is 14.2. The number of nitrogens with one attached hydrogen (secondary N) is 6. The molecule has 4 atom stereocenters. The Balaban J connectivity index is 0.703. The minimum Gasteiger partial charge on any atom is -0.449 e. The lowest BCUT2D eigenvalue weighted by Crippen LogP contribution is -2.49. The molecule has 88 heavy (non-hydrogen) atoms. The molecule has 10 rings (SSSR count). The highest BCUT2D eigenvalue weighted by atomic mass is 35.5. The minimum atomic E-state index is -0.971. The zero-order chi connectivity index (χ0) is 62.3. The molecule has 2 aliphatic heterocycles. The molecule has 7 aromatic rings. The van der Waals surface area contributed by atoms with Crippen molar-refractivity contribution in [1.29, 1.82) is 0 Å². The van der Waals surface area contributed by atoms with Crippen molar-refractivity contribution in [3.63, 3.8) is 0 Å². The average molecular weight is 1210 g/mol. The van der Waals surface area contributed by atoms with E-state index < -0.39 is 60.2 Å². The summed E-state index contributed by atoms with van der Waals surface area (Å²) in [6.07, 6.45) is -1.09. The van der Waals surface area contributed by atoms with Crippen LogP contribution in [0.1, 0.15) is 103 Å². The maximum absolute atomic E-state index is 14.5. The lowest BCUT2D eigenvalue weighted by atomic mass is 9.95. The number of hydrogen-bond acceptors (Lipinski definition) is 12. The summed E-state index contributed by atoms with van der Waals surface area (Å²) in [5.74, 6) is -1.74. The van der Waals surface area contributed by atoms with E-state index in [1.165, 1.54) is 0 Å². The second kappa shape index (κ2) is 27.4. The topological polar surface area (TPSA) is 241 Å². The Hall–Kier alpha value is -8.91. The van der Waals surface area contributed by atoms with Crippen molar-refractivity contribution in [2.45, 2.75) is 83.8 Å². The molecule has 6 N–H and O–H groups in total. The number of aromatic nitrogens is 1. The molecule has 3 aliphatic rings. The summed E-state index contributed by atoms with van der Waals surface area (Å²) in [6.45, 7) is 11.9. The van der Waals surface area contributed by atoms with E-state index in [-0.39, 0.29) is 60.8 Å². The normalized spacial score (nSPS) is 15.7. The quantitative estimate of drug-likeness (QED) is 0.0274. The van der Waals surface area contributed by atoms with Crippen molar-refractivity contribution in [2.24, 2.45) is 11.8 Å². The van der Waals surface area contributed by atoms with Crippen LogP contribution in [0, 0.1) is 11.8 Å². The first-order valence-corrected chi connectivity index (χ1v) is 30.5. The monoisotopic (exact) mass is 1210 g/mol. The van der Waals surface area contributed by atoms with Crippen LogP contribution in [0.4, 0.5) is 31.4 Å². The van der Waals surface area contributed by atoms with Gasteiger partial charge in [0.15, 0.2) is 17.3 Å². The van der Waals surface area contributed by atoms with Gasteiger partial charge in [-0.1, -0.05) is 100 Å². The van der Waals surface area contributed by atoms with Crippen LogP contribution < -0.4 is 36.2 Å². The van der Waals surface area contributed by atoms with Crippen LogP contribution in [-0.4, -0.2) is 139 Å². The molecule has 1 aromatic heterocycles. The Morgan fingerprint density at radius 1 is 0.670 bits per heavy atom. The molecule has 0 bridgehead atoms. The molecule has 19 nitrogen and oxygen atoms in total. The number of rotatable bonds is 22. The predicted octanol–water partition coefficient (Wildman–Crippen LogP) is 10.9. The molecule has 0 saturated carbocycles. The predicted molar refractivity (Wildman–Crippen MR) is 341 cm³/mol. The molecular formula is C68H74ClN9O10. The van der Waals surface area contributed by atoms with Gasteiger partial charge in [-0.3, -0.25) is 24.0 Å². The summed E-state index contributed by atoms with van der Waals surface area (Å²) in [5.41, 5.74) is 7.92. The summed E-state index contributed by atoms with van der Waals surface area (Å²) >= 11 is 6.57. The molecule has 6 amide bonds. The van der Waals surface area contributed by atoms with Crippen molar-refractivity contribution >= 4 is 97.7 Å². The lowest BCUT2D eigenvalue weighted by molar-refractivity contribution is -0.129. The van der Waals surface area contributed by atoms with Crippen LogP contribution in [0.2, 0.25) is 0 Å². The van der Waals surface area contributed by atoms with Gasteiger partial charge in [-0.2, -0.15) is 0 Å². The fourth-order valence-electron chi connectivity index (χ4n) is 11.9. The minimum absolute atomic E-state index is 0.00826. The Kier molecular flexibility index (Phi) is 19.4. The first kappa shape index (κ1) is 62.2. The standard InChI is InChI=1S/C68H74ClN9O10/c1-39(2)29-55(75-67(85)87-38-53-49-15-9-7-13-47(49)48-14-8-10-16-50(48)53)60(80)34-59(79)41(5)70-36-61(81)56(30-40(3)4)74-66(84)72-45-21-19-42(20-22-45)64(82)71-46-23-24-54-43(31-46)32-57(73-54)65(83)78-37-44(35-69)63-52-18-12-11-17-51(52)62(33-58(63)78)88-68(86)77-27-25-76(6)26-28-77/h7-24,31-33,39-41,44,53,55-56,70,73H,25-30,34-38H2,1-6H3,(H,71,82)(H,75,85)(H2,72,74,84)/t41-,44+,55-,56-/m0/s1. The number of Topliss-reactive ketones (excluding diaryl/α,β-unsaturated/α-hetero) is 3. The maximum atomic E-state index is 14.5. The molecule has 1 fully saturated rings. The number of carbonyl (C=O) groups is 8. The third-order valence-electron chi connectivity index (χ3n) is 16.6. The maximum Gasteiger partial charge on any atom is 0.415 e. The highest BCUT2D eigenvalue weighted by Gasteiger charge is 2.37. The number of halogens is 1. The number of H-pyrrole nitrogens is 1. The Labute approximate surface area is 516 Å². The number of ketones is 3. The number of fused-ring (bicyclic) bond motifs is 7. The fourth-order valence-corrected chi connectivity index (χ4v) is 12.1. The van der Waals surface area contributed by atoms with Crippen molar-refractivity contribution < 1.29 is 47.8 Å². The molecule has 3 heterocycles. The Morgan fingerprint density at radius 2 is 1.30 bits per heavy atom. The van der Waals surface area contributed by atoms with Gasteiger partial charge < -0.3 is 55.7 Å². The van der Waals surface area contributed by atoms with Crippen molar-refractivity contribution in [3.8, 4) is 16.9 Å². The van der Waals surface area contributed by atoms with Crippen LogP contribution in [0.3, 0.4) is 0 Å². The smallest absolute Gasteiger partial charge is 0.415 e. The van der Waals surface area contributed by atoms with Crippen LogP contribution >= 0.6 is 11.6 Å². The Bertz CT molecular complexity index is 3760. The highest BCUT2D eigenvalue weighted by molar-refractivity contribution is 6.19. The second-order valence-electron chi connectivity index (χ2n) is 23.9. The summed E-state index contributed by atoms with van der Waals surface area (Å²) in [4.78, 5) is 117. The largest absolute Gasteiger partial charge is 0.449 e. The molecule has 458 valence electrons. The molecule has 0 unspecified atom stereocenters. The molecule has 20 heteroatoms. The van der Waals surface area contributed by atoms with Crippen molar-refractivity contribution in [2.75, 3.05) is 74.3 Å². The number of ether oxygens (including phenoxy) is 2. The van der Waals surface area contributed by atoms with Gasteiger partial charge in [0.1, 0.15) is 18.1 Å². The van der Waals surface area contributed by atoms with Crippen molar-refractivity contribution in [1.82, 2.24) is 30.7 Å². The van der Waals surface area contributed by atoms with E-state index in [0.717, 1.165) is 51.7 Å². The van der Waals surface area contributed by atoms with Gasteiger partial charge in [0.25, 0.3) is 11.8 Å². The van der Waals surface area contributed by atoms with Crippen molar-refractivity contribution in [3.05, 3.63) is 155 Å². The number of amides is 6. The molecule has 1 aliphatic carbocycles. The van der Waals surface area contributed by atoms with E-state index in [2.05, 4.69) is 36.5 Å². The number of likely N-dealkylation sites (N-methyl/N-ethyl adjacent to an activating group) is 1. The fraction of sp³-hybridized carbons (Fsp3) is 0.353. The zero-order valence-corrected chi connectivity index (χ0v) is 51.0. The van der Waals surface area contributed by atoms with E-state index in [0.29, 0.717) is 71.0 Å². The third-order valence-corrected chi connectivity index (χ3v) is 17.0. The molecule has 0 radical (unpaired) electrons. The highest BCUT2D eigenvalue weighted by Crippen LogP contribution is 2.47. The van der Waals surface area contributed by atoms with Gasteiger partial charge >= 0.3 is 18.2 Å². The van der Waals surface area contributed by atoms with Crippen LogP contribution in [0.5, 0.6) is 5.75 Å². The Morgan fingerprint density at radius 3 is 1.95 bits per heavy atom. The molecule has 1 saturated heterocycles. The van der Waals surface area contributed by atoms with Crippen LogP contribution in [-0.2, 0) is 19.1 Å².